The number of halogens is 1. The molecule has 3 N–H and O–H groups in total. The van der Waals surface area contributed by atoms with E-state index in [-0.39, 0.29) is 0 Å². The first kappa shape index (κ1) is 9.05. The van der Waals surface area contributed by atoms with Crippen LogP contribution in [-0.4, -0.2) is 24.1 Å². The Hall–Kier alpha value is -1.04. The van der Waals surface area contributed by atoms with E-state index in [0.717, 1.165) is 0 Å². The lowest BCUT2D eigenvalue weighted by Crippen LogP contribution is -2.20. The summed E-state index contributed by atoms with van der Waals surface area (Å²) in [4.78, 5) is 18.7. The van der Waals surface area contributed by atoms with Gasteiger partial charge in [0, 0.05) is 14.1 Å². The largest absolute Gasteiger partial charge is 0.384 e. The molecule has 0 amide bonds. The molecule has 1 aromatic rings. The summed E-state index contributed by atoms with van der Waals surface area (Å²) in [6, 6.07) is 0. The van der Waals surface area contributed by atoms with Crippen LogP contribution in [0.15, 0.2) is 9.27 Å². The molecule has 0 aliphatic heterocycles. The smallest absolute Gasteiger partial charge is 0.348 e. The standard InChI is InChI=1S/C6H9BrN4O/c1-11(2)5-3(7)4(8)9-6(12)10-5/h1-2H3,(H3,8,9,10,12). The molecule has 5 nitrogen and oxygen atoms in total. The number of aromatic amines is 1. The van der Waals surface area contributed by atoms with Crippen molar-refractivity contribution in [2.24, 2.45) is 0 Å². The summed E-state index contributed by atoms with van der Waals surface area (Å²) in [6.45, 7) is 0. The Labute approximate surface area is 77.7 Å². The molecule has 66 valence electrons. The van der Waals surface area contributed by atoms with Crippen molar-refractivity contribution in [3.63, 3.8) is 0 Å². The number of nitrogens with two attached hydrogens (primary N) is 1. The van der Waals surface area contributed by atoms with Crippen molar-refractivity contribution < 1.29 is 0 Å². The number of nitrogens with one attached hydrogen (secondary N) is 1. The van der Waals surface area contributed by atoms with Gasteiger partial charge in [0.05, 0.1) is 0 Å². The predicted molar refractivity (Wildman–Crippen MR) is 51.3 cm³/mol. The number of nitrogens with zero attached hydrogens (tertiary/aromatic N) is 2. The molecule has 0 saturated heterocycles. The lowest BCUT2D eigenvalue weighted by atomic mass is 10.5. The Morgan fingerprint density at radius 3 is 2.67 bits per heavy atom. The molecular weight excluding hydrogens is 224 g/mol. The normalized spacial score (nSPS) is 9.92. The van der Waals surface area contributed by atoms with E-state index in [1.54, 1.807) is 19.0 Å². The molecule has 0 aromatic carbocycles. The van der Waals surface area contributed by atoms with Crippen LogP contribution < -0.4 is 16.3 Å². The van der Waals surface area contributed by atoms with Crippen LogP contribution in [0.2, 0.25) is 0 Å². The van der Waals surface area contributed by atoms with E-state index in [4.69, 9.17) is 5.73 Å². The van der Waals surface area contributed by atoms with Gasteiger partial charge in [0.25, 0.3) is 0 Å². The van der Waals surface area contributed by atoms with Crippen LogP contribution in [0.4, 0.5) is 11.6 Å². The molecule has 0 aliphatic rings. The topological polar surface area (TPSA) is 75.0 Å². The molecule has 0 fully saturated rings. The van der Waals surface area contributed by atoms with Crippen LogP contribution in [0.5, 0.6) is 0 Å². The van der Waals surface area contributed by atoms with Gasteiger partial charge >= 0.3 is 5.69 Å². The van der Waals surface area contributed by atoms with Crippen LogP contribution in [0.1, 0.15) is 0 Å². The molecule has 1 aromatic heterocycles. The second-order valence-electron chi connectivity index (χ2n) is 2.49. The molecule has 12 heavy (non-hydrogen) atoms. The van der Waals surface area contributed by atoms with E-state index in [1.807, 2.05) is 0 Å². The number of nitrogen functional groups attached to an aromatic ring is 1. The zero-order chi connectivity index (χ0) is 9.30. The van der Waals surface area contributed by atoms with Gasteiger partial charge in [0.2, 0.25) is 0 Å². The molecule has 0 unspecified atom stereocenters. The summed E-state index contributed by atoms with van der Waals surface area (Å²) in [5.41, 5.74) is 5.05. The molecule has 0 aliphatic carbocycles. The van der Waals surface area contributed by atoms with Crippen molar-refractivity contribution in [3.05, 3.63) is 15.0 Å². The molecule has 0 spiro atoms. The minimum absolute atomic E-state index is 0.290. The van der Waals surface area contributed by atoms with Gasteiger partial charge in [-0.15, -0.1) is 0 Å². The number of rotatable bonds is 1. The third-order valence-electron chi connectivity index (χ3n) is 1.31. The van der Waals surface area contributed by atoms with Gasteiger partial charge in [-0.1, -0.05) is 0 Å². The Morgan fingerprint density at radius 2 is 2.17 bits per heavy atom. The average Bonchev–Trinajstić information content (AvgIpc) is 1.96. The SMILES string of the molecule is CN(C)c1nc(=O)[nH]c(N)c1Br. The maximum absolute atomic E-state index is 10.9. The summed E-state index contributed by atoms with van der Waals surface area (Å²) in [5, 5.41) is 0. The minimum atomic E-state index is -0.445. The molecule has 0 bridgehead atoms. The third-order valence-corrected chi connectivity index (χ3v) is 2.09. The van der Waals surface area contributed by atoms with Crippen molar-refractivity contribution in [2.75, 3.05) is 24.7 Å². The zero-order valence-corrected chi connectivity index (χ0v) is 8.34. The van der Waals surface area contributed by atoms with E-state index in [0.29, 0.717) is 16.1 Å². The van der Waals surface area contributed by atoms with Crippen molar-refractivity contribution in [1.82, 2.24) is 9.97 Å². The van der Waals surface area contributed by atoms with E-state index in [1.165, 1.54) is 0 Å². The van der Waals surface area contributed by atoms with E-state index in [9.17, 15) is 4.79 Å². The highest BCUT2D eigenvalue weighted by Crippen LogP contribution is 2.24. The minimum Gasteiger partial charge on any atom is -0.384 e. The first-order valence-electron chi connectivity index (χ1n) is 3.25. The summed E-state index contributed by atoms with van der Waals surface area (Å²) in [7, 11) is 3.57. The number of aromatic nitrogens is 2. The van der Waals surface area contributed by atoms with E-state index in [2.05, 4.69) is 25.9 Å². The molecule has 1 rings (SSSR count). The summed E-state index contributed by atoms with van der Waals surface area (Å²) >= 11 is 3.22. The number of anilines is 2. The van der Waals surface area contributed by atoms with E-state index >= 15 is 0 Å². The van der Waals surface area contributed by atoms with Gasteiger partial charge in [-0.05, 0) is 15.9 Å². The lowest BCUT2D eigenvalue weighted by molar-refractivity contribution is 0.993. The van der Waals surface area contributed by atoms with Crippen molar-refractivity contribution in [1.29, 1.82) is 0 Å². The number of H-pyrrole nitrogens is 1. The van der Waals surface area contributed by atoms with Crippen LogP contribution in [0.3, 0.4) is 0 Å². The first-order valence-corrected chi connectivity index (χ1v) is 4.04. The molecule has 0 saturated carbocycles. The maximum atomic E-state index is 10.9. The Balaban J connectivity index is 3.38. The molecule has 6 heteroatoms. The van der Waals surface area contributed by atoms with Gasteiger partial charge in [0.15, 0.2) is 5.82 Å². The van der Waals surface area contributed by atoms with Crippen LogP contribution in [-0.2, 0) is 0 Å². The van der Waals surface area contributed by atoms with Gasteiger partial charge in [-0.2, -0.15) is 4.98 Å². The van der Waals surface area contributed by atoms with Gasteiger partial charge in [-0.25, -0.2) is 4.79 Å². The van der Waals surface area contributed by atoms with Crippen molar-refractivity contribution >= 4 is 27.6 Å². The highest BCUT2D eigenvalue weighted by atomic mass is 79.9. The summed E-state index contributed by atoms with van der Waals surface area (Å²) < 4.78 is 0.604. The number of hydrogen-bond acceptors (Lipinski definition) is 4. The van der Waals surface area contributed by atoms with Crippen molar-refractivity contribution in [3.8, 4) is 0 Å². The highest BCUT2D eigenvalue weighted by Gasteiger charge is 2.08. The Morgan fingerprint density at radius 1 is 1.58 bits per heavy atom. The van der Waals surface area contributed by atoms with Crippen LogP contribution >= 0.6 is 15.9 Å². The number of hydrogen-bond donors (Lipinski definition) is 2. The molecule has 1 heterocycles. The Bertz CT molecular complexity index is 346. The summed E-state index contributed by atoms with van der Waals surface area (Å²) in [5.74, 6) is 0.815. The van der Waals surface area contributed by atoms with E-state index < -0.39 is 5.69 Å². The molecular formula is C6H9BrN4O. The van der Waals surface area contributed by atoms with Gasteiger partial charge in [-0.3, -0.25) is 4.98 Å². The van der Waals surface area contributed by atoms with Crippen LogP contribution in [0, 0.1) is 0 Å². The molecule has 0 radical (unpaired) electrons. The third kappa shape index (κ3) is 1.58. The quantitative estimate of drug-likeness (QED) is 0.725. The van der Waals surface area contributed by atoms with Crippen LogP contribution in [0.25, 0.3) is 0 Å². The van der Waals surface area contributed by atoms with Crippen molar-refractivity contribution in [2.45, 2.75) is 0 Å². The first-order chi connectivity index (χ1) is 5.52. The Kier molecular flexibility index (Phi) is 2.37. The second kappa shape index (κ2) is 3.14. The second-order valence-corrected chi connectivity index (χ2v) is 3.28. The highest BCUT2D eigenvalue weighted by molar-refractivity contribution is 9.10. The summed E-state index contributed by atoms with van der Waals surface area (Å²) in [6.07, 6.45) is 0. The average molecular weight is 233 g/mol. The van der Waals surface area contributed by atoms with Gasteiger partial charge < -0.3 is 10.6 Å². The van der Waals surface area contributed by atoms with Gasteiger partial charge in [0.1, 0.15) is 10.3 Å². The maximum Gasteiger partial charge on any atom is 0.348 e. The fraction of sp³-hybridized carbons (Fsp3) is 0.333. The lowest BCUT2D eigenvalue weighted by Gasteiger charge is -2.12. The monoisotopic (exact) mass is 232 g/mol. The fourth-order valence-electron chi connectivity index (χ4n) is 0.760. The predicted octanol–water partition coefficient (Wildman–Crippen LogP) is 0.181. The molecule has 0 atom stereocenters. The fourth-order valence-corrected chi connectivity index (χ4v) is 1.30. The zero-order valence-electron chi connectivity index (χ0n) is 6.76.